The summed E-state index contributed by atoms with van der Waals surface area (Å²) in [6, 6.07) is 13.9. The van der Waals surface area contributed by atoms with E-state index in [-0.39, 0.29) is 10.8 Å². The van der Waals surface area contributed by atoms with Crippen LogP contribution < -0.4 is 19.5 Å². The molecule has 40 heavy (non-hydrogen) atoms. The minimum absolute atomic E-state index is 0.0279. The van der Waals surface area contributed by atoms with Crippen molar-refractivity contribution in [3.63, 3.8) is 0 Å². The summed E-state index contributed by atoms with van der Waals surface area (Å²) >= 11 is 5.69. The molecule has 0 spiro atoms. The van der Waals surface area contributed by atoms with Crippen molar-refractivity contribution in [3.05, 3.63) is 71.5 Å². The summed E-state index contributed by atoms with van der Waals surface area (Å²) in [5.41, 5.74) is 0.437. The molecule has 4 aromatic rings. The lowest BCUT2D eigenvalue weighted by Crippen LogP contribution is -2.32. The maximum atomic E-state index is 13.2. The Labute approximate surface area is 234 Å². The van der Waals surface area contributed by atoms with Crippen LogP contribution in [-0.4, -0.2) is 48.7 Å². The lowest BCUT2D eigenvalue weighted by Gasteiger charge is -2.28. The SMILES string of the molecule is COc1cc2c(Nc3ccc(Oc4ccc(Cl)c(C(F)(F)F)c4)cc3)ncnc2cc1OCC1CCN(C)CC1. The molecule has 0 unspecified atom stereocenters. The zero-order chi connectivity index (χ0) is 28.3. The van der Waals surface area contributed by atoms with Crippen LogP contribution in [0.3, 0.4) is 0 Å². The van der Waals surface area contributed by atoms with Gasteiger partial charge in [-0.25, -0.2) is 9.97 Å². The molecule has 0 atom stereocenters. The number of hydrogen-bond donors (Lipinski definition) is 1. The number of benzene rings is 3. The molecule has 0 amide bonds. The average Bonchev–Trinajstić information content (AvgIpc) is 2.94. The zero-order valence-electron chi connectivity index (χ0n) is 22.0. The first kappa shape index (κ1) is 27.8. The van der Waals surface area contributed by atoms with Gasteiger partial charge in [-0.1, -0.05) is 11.6 Å². The molecule has 7 nitrogen and oxygen atoms in total. The standard InChI is InChI=1S/C29H28ClF3N4O3/c1-37-11-9-18(10-12-37)16-39-27-15-25-22(14-26(27)38-2)28(35-17-34-25)36-19-3-5-20(6-4-19)40-21-7-8-24(30)23(13-21)29(31,32)33/h3-8,13-15,17-18H,9-12,16H2,1-2H3,(H,34,35,36). The molecule has 0 aliphatic carbocycles. The van der Waals surface area contributed by atoms with Gasteiger partial charge in [0.25, 0.3) is 0 Å². The van der Waals surface area contributed by atoms with E-state index >= 15 is 0 Å². The van der Waals surface area contributed by atoms with Gasteiger partial charge in [0.2, 0.25) is 0 Å². The van der Waals surface area contributed by atoms with E-state index < -0.39 is 11.7 Å². The van der Waals surface area contributed by atoms with Gasteiger partial charge in [-0.15, -0.1) is 0 Å². The number of ether oxygens (including phenoxy) is 3. The number of anilines is 2. The highest BCUT2D eigenvalue weighted by atomic mass is 35.5. The van der Waals surface area contributed by atoms with Gasteiger partial charge in [-0.3, -0.25) is 0 Å². The zero-order valence-corrected chi connectivity index (χ0v) is 22.7. The average molecular weight is 573 g/mol. The van der Waals surface area contributed by atoms with Gasteiger partial charge >= 0.3 is 6.18 Å². The summed E-state index contributed by atoms with van der Waals surface area (Å²) < 4.78 is 56.9. The molecular weight excluding hydrogens is 545 g/mol. The summed E-state index contributed by atoms with van der Waals surface area (Å²) in [5.74, 6) is 2.67. The summed E-state index contributed by atoms with van der Waals surface area (Å²) in [6.07, 6.45) is -0.914. The van der Waals surface area contributed by atoms with Gasteiger partial charge < -0.3 is 24.4 Å². The van der Waals surface area contributed by atoms with Gasteiger partial charge in [0.05, 0.1) is 29.8 Å². The van der Waals surface area contributed by atoms with Crippen LogP contribution >= 0.6 is 11.6 Å². The maximum Gasteiger partial charge on any atom is 0.417 e. The molecule has 1 aromatic heterocycles. The largest absolute Gasteiger partial charge is 0.493 e. The van der Waals surface area contributed by atoms with E-state index in [1.165, 1.54) is 12.4 Å². The molecule has 1 aliphatic heterocycles. The minimum Gasteiger partial charge on any atom is -0.493 e. The second kappa shape index (κ2) is 11.8. The second-order valence-electron chi connectivity index (χ2n) is 9.69. The van der Waals surface area contributed by atoms with E-state index in [4.69, 9.17) is 25.8 Å². The number of alkyl halides is 3. The summed E-state index contributed by atoms with van der Waals surface area (Å²) in [4.78, 5) is 11.1. The maximum absolute atomic E-state index is 13.2. The van der Waals surface area contributed by atoms with E-state index in [2.05, 4.69) is 27.2 Å². The Morgan fingerprint density at radius 3 is 2.40 bits per heavy atom. The molecule has 5 rings (SSSR count). The number of rotatable bonds is 8. The first-order valence-corrected chi connectivity index (χ1v) is 13.1. The van der Waals surface area contributed by atoms with Crippen LogP contribution in [-0.2, 0) is 6.18 Å². The number of halogens is 4. The van der Waals surface area contributed by atoms with Crippen molar-refractivity contribution >= 4 is 34.0 Å². The monoisotopic (exact) mass is 572 g/mol. The van der Waals surface area contributed by atoms with Crippen molar-refractivity contribution in [2.45, 2.75) is 19.0 Å². The lowest BCUT2D eigenvalue weighted by molar-refractivity contribution is -0.137. The topological polar surface area (TPSA) is 68.7 Å². The smallest absolute Gasteiger partial charge is 0.417 e. The highest BCUT2D eigenvalue weighted by Crippen LogP contribution is 2.38. The van der Waals surface area contributed by atoms with Crippen LogP contribution in [0.4, 0.5) is 24.7 Å². The number of likely N-dealkylation sites (tertiary alicyclic amines) is 1. The first-order valence-electron chi connectivity index (χ1n) is 12.8. The molecule has 0 bridgehead atoms. The van der Waals surface area contributed by atoms with Crippen LogP contribution in [0.25, 0.3) is 10.9 Å². The predicted molar refractivity (Wildman–Crippen MR) is 148 cm³/mol. The van der Waals surface area contributed by atoms with Crippen molar-refractivity contribution in [2.75, 3.05) is 39.2 Å². The Morgan fingerprint density at radius 2 is 1.70 bits per heavy atom. The Morgan fingerprint density at radius 1 is 0.975 bits per heavy atom. The number of piperidine rings is 1. The number of aromatic nitrogens is 2. The third-order valence-electron chi connectivity index (χ3n) is 6.83. The van der Waals surface area contributed by atoms with Gasteiger partial charge in [-0.05, 0) is 87.4 Å². The molecule has 1 aliphatic rings. The third-order valence-corrected chi connectivity index (χ3v) is 7.16. The van der Waals surface area contributed by atoms with E-state index in [9.17, 15) is 13.2 Å². The number of fused-ring (bicyclic) bond motifs is 1. The molecule has 11 heteroatoms. The van der Waals surface area contributed by atoms with Crippen LogP contribution in [0.5, 0.6) is 23.0 Å². The van der Waals surface area contributed by atoms with E-state index in [1.54, 1.807) is 31.4 Å². The van der Waals surface area contributed by atoms with E-state index in [1.807, 2.05) is 12.1 Å². The Hall–Kier alpha value is -3.76. The summed E-state index contributed by atoms with van der Waals surface area (Å²) in [7, 11) is 3.73. The quantitative estimate of drug-likeness (QED) is 0.233. The van der Waals surface area contributed by atoms with Gasteiger partial charge in [0, 0.05) is 17.1 Å². The molecule has 3 aromatic carbocycles. The van der Waals surface area contributed by atoms with Crippen LogP contribution in [0.2, 0.25) is 5.02 Å². The molecule has 0 radical (unpaired) electrons. The predicted octanol–water partition coefficient (Wildman–Crippen LogP) is 7.57. The van der Waals surface area contributed by atoms with Gasteiger partial charge in [0.15, 0.2) is 11.5 Å². The van der Waals surface area contributed by atoms with Crippen molar-refractivity contribution in [1.29, 1.82) is 0 Å². The number of nitrogens with one attached hydrogen (secondary N) is 1. The molecule has 0 saturated carbocycles. The fourth-order valence-electron chi connectivity index (χ4n) is 4.54. The highest BCUT2D eigenvalue weighted by molar-refractivity contribution is 6.31. The minimum atomic E-state index is -4.58. The lowest BCUT2D eigenvalue weighted by atomic mass is 9.98. The molecule has 1 saturated heterocycles. The molecular formula is C29H28ClF3N4O3. The third kappa shape index (κ3) is 6.51. The van der Waals surface area contributed by atoms with Crippen molar-refractivity contribution in [2.24, 2.45) is 5.92 Å². The fourth-order valence-corrected chi connectivity index (χ4v) is 4.76. The fraction of sp³-hybridized carbons (Fsp3) is 0.310. The van der Waals surface area contributed by atoms with E-state index in [0.29, 0.717) is 46.8 Å². The summed E-state index contributed by atoms with van der Waals surface area (Å²) in [6.45, 7) is 2.75. The van der Waals surface area contributed by atoms with Crippen LogP contribution in [0, 0.1) is 5.92 Å². The van der Waals surface area contributed by atoms with Crippen LogP contribution in [0.15, 0.2) is 60.9 Å². The Bertz CT molecular complexity index is 1480. The Kier molecular flexibility index (Phi) is 8.18. The van der Waals surface area contributed by atoms with Gasteiger partial charge in [-0.2, -0.15) is 13.2 Å². The Balaban J connectivity index is 1.30. The molecule has 1 N–H and O–H groups in total. The molecule has 2 heterocycles. The first-order chi connectivity index (χ1) is 19.2. The normalized spacial score (nSPS) is 14.8. The van der Waals surface area contributed by atoms with Gasteiger partial charge in [0.1, 0.15) is 23.6 Å². The number of hydrogen-bond acceptors (Lipinski definition) is 7. The number of methoxy groups -OCH3 is 1. The molecule has 210 valence electrons. The number of nitrogens with zero attached hydrogens (tertiary/aromatic N) is 3. The second-order valence-corrected chi connectivity index (χ2v) is 10.1. The summed E-state index contributed by atoms with van der Waals surface area (Å²) in [5, 5.41) is 3.62. The van der Waals surface area contributed by atoms with Crippen molar-refractivity contribution < 1.29 is 27.4 Å². The van der Waals surface area contributed by atoms with Crippen molar-refractivity contribution in [1.82, 2.24) is 14.9 Å². The van der Waals surface area contributed by atoms with Crippen molar-refractivity contribution in [3.8, 4) is 23.0 Å². The highest BCUT2D eigenvalue weighted by Gasteiger charge is 2.33. The van der Waals surface area contributed by atoms with E-state index in [0.717, 1.165) is 43.5 Å². The molecule has 1 fully saturated rings. The van der Waals surface area contributed by atoms with Crippen LogP contribution in [0.1, 0.15) is 18.4 Å².